The van der Waals surface area contributed by atoms with Crippen LogP contribution in [0.2, 0.25) is 0 Å². The number of aliphatic hydroxyl groups excluding tert-OH is 1. The number of carbonyl (C=O) groups is 3. The largest absolute Gasteiger partial charge is 0.497 e. The zero-order valence-corrected chi connectivity index (χ0v) is 23.7. The highest BCUT2D eigenvalue weighted by Gasteiger charge is 2.71. The molecule has 41 heavy (non-hydrogen) atoms. The SMILES string of the molecule is COc1ccc(N2CC=C[C@]34S[C@H]5/C=C\CCCOC(=O)[C@H]5[C@H]3C(=O)N([C@@H](CO)Cc3ccccc3)C4C2=O)cc1. The summed E-state index contributed by atoms with van der Waals surface area (Å²) in [6.07, 6.45) is 9.87. The van der Waals surface area contributed by atoms with E-state index in [2.05, 4.69) is 6.08 Å². The highest BCUT2D eigenvalue weighted by atomic mass is 32.2. The molecule has 2 aromatic rings. The predicted molar refractivity (Wildman–Crippen MR) is 157 cm³/mol. The summed E-state index contributed by atoms with van der Waals surface area (Å²) in [5, 5.41) is 10.4. The van der Waals surface area contributed by atoms with Gasteiger partial charge in [-0.1, -0.05) is 54.6 Å². The lowest BCUT2D eigenvalue weighted by atomic mass is 9.78. The van der Waals surface area contributed by atoms with Gasteiger partial charge in [-0.3, -0.25) is 14.4 Å². The lowest BCUT2D eigenvalue weighted by Crippen LogP contribution is -2.57. The van der Waals surface area contributed by atoms with Crippen LogP contribution in [-0.2, 0) is 25.5 Å². The number of methoxy groups -OCH3 is 1. The lowest BCUT2D eigenvalue weighted by molar-refractivity contribution is -0.153. The van der Waals surface area contributed by atoms with Crippen LogP contribution in [0.4, 0.5) is 5.69 Å². The van der Waals surface area contributed by atoms with Crippen LogP contribution in [0.25, 0.3) is 0 Å². The van der Waals surface area contributed by atoms with Gasteiger partial charge >= 0.3 is 5.97 Å². The Hall–Kier alpha value is -3.56. The van der Waals surface area contributed by atoms with Gasteiger partial charge in [-0.2, -0.15) is 0 Å². The molecule has 0 saturated carbocycles. The first-order valence-corrected chi connectivity index (χ1v) is 15.0. The fourth-order valence-electron chi connectivity index (χ4n) is 6.72. The number of anilines is 1. The van der Waals surface area contributed by atoms with Crippen molar-refractivity contribution in [1.82, 2.24) is 4.90 Å². The first-order valence-electron chi connectivity index (χ1n) is 14.1. The standard InChI is InChI=1S/C32H34N2O6S/c1-39-24-14-12-22(13-15-24)33-17-8-16-32-27(26-25(41-32)11-6-3-7-18-40-31(26)38)29(36)34(28(32)30(33)37)23(20-35)19-21-9-4-2-5-10-21/h2,4-6,8-16,23,25-28,35H,3,7,17-20H2,1H3/b11-6-/t23-,25+,26-,27+,28?,32+/m1/s1. The Morgan fingerprint density at radius 2 is 1.85 bits per heavy atom. The molecule has 0 bridgehead atoms. The third-order valence-electron chi connectivity index (χ3n) is 8.59. The van der Waals surface area contributed by atoms with Crippen LogP contribution < -0.4 is 9.64 Å². The van der Waals surface area contributed by atoms with Crippen molar-refractivity contribution in [2.75, 3.05) is 31.8 Å². The number of nitrogens with zero attached hydrogens (tertiary/aromatic N) is 2. The van der Waals surface area contributed by atoms with Gasteiger partial charge in [0.1, 0.15) is 11.8 Å². The highest BCUT2D eigenvalue weighted by molar-refractivity contribution is 8.02. The first kappa shape index (κ1) is 27.6. The highest BCUT2D eigenvalue weighted by Crippen LogP contribution is 2.61. The van der Waals surface area contributed by atoms with E-state index in [0.717, 1.165) is 18.4 Å². The average Bonchev–Trinajstić information content (AvgIpc) is 3.41. The van der Waals surface area contributed by atoms with Gasteiger partial charge in [0, 0.05) is 17.5 Å². The van der Waals surface area contributed by atoms with E-state index >= 15 is 0 Å². The van der Waals surface area contributed by atoms with Gasteiger partial charge in [0.25, 0.3) is 5.91 Å². The smallest absolute Gasteiger partial charge is 0.311 e. The van der Waals surface area contributed by atoms with Gasteiger partial charge in [-0.15, -0.1) is 11.8 Å². The van der Waals surface area contributed by atoms with Gasteiger partial charge in [0.05, 0.1) is 42.9 Å². The van der Waals surface area contributed by atoms with Crippen molar-refractivity contribution in [2.24, 2.45) is 11.8 Å². The van der Waals surface area contributed by atoms with Gasteiger partial charge in [0.15, 0.2) is 0 Å². The number of amides is 2. The minimum atomic E-state index is -0.989. The normalized spacial score (nSPS) is 30.7. The predicted octanol–water partition coefficient (Wildman–Crippen LogP) is 3.39. The molecule has 4 aliphatic heterocycles. The van der Waals surface area contributed by atoms with Crippen LogP contribution in [0.3, 0.4) is 0 Å². The number of thioether (sulfide) groups is 1. The number of rotatable bonds is 6. The Kier molecular flexibility index (Phi) is 7.66. The molecule has 1 spiro atoms. The van der Waals surface area contributed by atoms with Crippen molar-refractivity contribution in [2.45, 2.75) is 41.3 Å². The van der Waals surface area contributed by atoms with E-state index in [1.807, 2.05) is 60.7 Å². The number of esters is 1. The number of hydrogen-bond donors (Lipinski definition) is 1. The van der Waals surface area contributed by atoms with E-state index in [1.54, 1.807) is 29.0 Å². The van der Waals surface area contributed by atoms with E-state index < -0.39 is 34.6 Å². The molecule has 2 amide bonds. The number of hydrogen-bond acceptors (Lipinski definition) is 7. The van der Waals surface area contributed by atoms with E-state index in [4.69, 9.17) is 9.47 Å². The molecule has 214 valence electrons. The number of likely N-dealkylation sites (tertiary alicyclic amines) is 1. The molecule has 0 aromatic heterocycles. The fourth-order valence-corrected chi connectivity index (χ4v) is 8.71. The number of aliphatic hydroxyl groups is 1. The molecule has 6 atom stereocenters. The summed E-state index contributed by atoms with van der Waals surface area (Å²) >= 11 is 1.51. The molecule has 2 aromatic carbocycles. The minimum Gasteiger partial charge on any atom is -0.497 e. The summed E-state index contributed by atoms with van der Waals surface area (Å²) in [4.78, 5) is 46.0. The summed E-state index contributed by atoms with van der Waals surface area (Å²) in [7, 11) is 1.59. The van der Waals surface area contributed by atoms with E-state index in [0.29, 0.717) is 31.0 Å². The molecule has 6 rings (SSSR count). The molecule has 9 heteroatoms. The summed E-state index contributed by atoms with van der Waals surface area (Å²) < 4.78 is 9.97. The van der Waals surface area contributed by atoms with Crippen LogP contribution in [0, 0.1) is 11.8 Å². The van der Waals surface area contributed by atoms with Gasteiger partial charge in [-0.05, 0) is 49.1 Å². The third-order valence-corrected chi connectivity index (χ3v) is 10.3. The molecule has 8 nitrogen and oxygen atoms in total. The Bertz CT molecular complexity index is 1360. The monoisotopic (exact) mass is 574 g/mol. The zero-order valence-electron chi connectivity index (χ0n) is 22.9. The minimum absolute atomic E-state index is 0.237. The first-order chi connectivity index (χ1) is 20.0. The Balaban J connectivity index is 1.46. The molecule has 1 unspecified atom stereocenters. The summed E-state index contributed by atoms with van der Waals surface area (Å²) in [6, 6.07) is 15.3. The topological polar surface area (TPSA) is 96.4 Å². The van der Waals surface area contributed by atoms with E-state index in [1.165, 1.54) is 11.8 Å². The Labute approximate surface area is 244 Å². The number of allylic oxidation sites excluding steroid dienone is 1. The number of benzene rings is 2. The summed E-state index contributed by atoms with van der Waals surface area (Å²) in [6.45, 7) is 0.296. The summed E-state index contributed by atoms with van der Waals surface area (Å²) in [5.74, 6) is -1.77. The van der Waals surface area contributed by atoms with Gasteiger partial charge in [-0.25, -0.2) is 0 Å². The maximum absolute atomic E-state index is 14.7. The second-order valence-electron chi connectivity index (χ2n) is 10.9. The Morgan fingerprint density at radius 1 is 1.07 bits per heavy atom. The number of cyclic esters (lactones) is 1. The molecule has 4 heterocycles. The Morgan fingerprint density at radius 3 is 2.59 bits per heavy atom. The van der Waals surface area contributed by atoms with Crippen molar-refractivity contribution in [3.8, 4) is 5.75 Å². The number of carbonyl (C=O) groups excluding carboxylic acids is 3. The molecule has 2 fully saturated rings. The van der Waals surface area contributed by atoms with Crippen molar-refractivity contribution >= 4 is 35.2 Å². The fraction of sp³-hybridized carbons (Fsp3) is 0.406. The molecule has 0 radical (unpaired) electrons. The maximum atomic E-state index is 14.7. The average molecular weight is 575 g/mol. The second-order valence-corrected chi connectivity index (χ2v) is 12.4. The molecule has 1 N–H and O–H groups in total. The third kappa shape index (κ3) is 4.75. The van der Waals surface area contributed by atoms with Crippen molar-refractivity contribution in [3.63, 3.8) is 0 Å². The van der Waals surface area contributed by atoms with Crippen molar-refractivity contribution in [3.05, 3.63) is 84.5 Å². The van der Waals surface area contributed by atoms with Gasteiger partial charge in [0.2, 0.25) is 5.91 Å². The van der Waals surface area contributed by atoms with Crippen LogP contribution in [0.1, 0.15) is 18.4 Å². The van der Waals surface area contributed by atoms with Crippen LogP contribution in [0.15, 0.2) is 78.9 Å². The van der Waals surface area contributed by atoms with Gasteiger partial charge < -0.3 is 24.4 Å². The maximum Gasteiger partial charge on any atom is 0.311 e. The van der Waals surface area contributed by atoms with Crippen LogP contribution in [0.5, 0.6) is 5.75 Å². The quantitative estimate of drug-likeness (QED) is 0.417. The van der Waals surface area contributed by atoms with Crippen LogP contribution >= 0.6 is 11.8 Å². The molecule has 4 aliphatic rings. The second kappa shape index (κ2) is 11.4. The number of ether oxygens (including phenoxy) is 2. The molecular weight excluding hydrogens is 540 g/mol. The lowest BCUT2D eigenvalue weighted by Gasteiger charge is -2.38. The van der Waals surface area contributed by atoms with E-state index in [-0.39, 0.29) is 23.7 Å². The summed E-state index contributed by atoms with van der Waals surface area (Å²) in [5.41, 5.74) is 1.63. The molecular formula is C32H34N2O6S. The van der Waals surface area contributed by atoms with E-state index in [9.17, 15) is 19.5 Å². The number of fused-ring (bicyclic) bond motifs is 2. The molecule has 0 aliphatic carbocycles. The van der Waals surface area contributed by atoms with Crippen molar-refractivity contribution in [1.29, 1.82) is 0 Å². The van der Waals surface area contributed by atoms with Crippen LogP contribution in [-0.4, -0.2) is 76.7 Å². The zero-order chi connectivity index (χ0) is 28.6. The van der Waals surface area contributed by atoms with Crippen molar-refractivity contribution < 1.29 is 29.0 Å². The molecule has 2 saturated heterocycles.